The van der Waals surface area contributed by atoms with Gasteiger partial charge in [0.15, 0.2) is 0 Å². The summed E-state index contributed by atoms with van der Waals surface area (Å²) < 4.78 is 2.72. The van der Waals surface area contributed by atoms with Crippen molar-refractivity contribution >= 4 is 45.6 Å². The number of aryl methyl sites for hydroxylation is 2. The summed E-state index contributed by atoms with van der Waals surface area (Å²) in [7, 11) is 0. The largest absolute Gasteiger partial charge is 0.268 e. The summed E-state index contributed by atoms with van der Waals surface area (Å²) in [5.74, 6) is 0.619. The van der Waals surface area contributed by atoms with Crippen molar-refractivity contribution in [1.29, 1.82) is 0 Å². The van der Waals surface area contributed by atoms with E-state index in [0.29, 0.717) is 16.7 Å². The van der Waals surface area contributed by atoms with Crippen LogP contribution in [0.2, 0.25) is 0 Å². The summed E-state index contributed by atoms with van der Waals surface area (Å²) in [6.45, 7) is 4.07. The molecule has 28 heavy (non-hydrogen) atoms. The van der Waals surface area contributed by atoms with Crippen molar-refractivity contribution in [2.45, 2.75) is 13.8 Å². The standard InChI is InChI=1S/C24H19IN2O/c1-16-7-9-18(10-8-16)11-14-23-26-21-13-12-19(25)15-20(21)24(28)27(23)22-6-4-3-5-17(22)2/h3-15H,1-2H3. The predicted octanol–water partition coefficient (Wildman–Crippen LogP) is 5.78. The first-order valence-electron chi connectivity index (χ1n) is 9.06. The molecule has 0 aliphatic rings. The van der Waals surface area contributed by atoms with Crippen LogP contribution >= 0.6 is 22.6 Å². The molecule has 0 aliphatic carbocycles. The van der Waals surface area contributed by atoms with Gasteiger partial charge in [0.05, 0.1) is 16.6 Å². The highest BCUT2D eigenvalue weighted by molar-refractivity contribution is 14.1. The van der Waals surface area contributed by atoms with E-state index in [4.69, 9.17) is 4.98 Å². The Hall–Kier alpha value is -2.73. The van der Waals surface area contributed by atoms with E-state index in [9.17, 15) is 4.79 Å². The van der Waals surface area contributed by atoms with Crippen molar-refractivity contribution in [3.8, 4) is 5.69 Å². The van der Waals surface area contributed by atoms with E-state index in [-0.39, 0.29) is 5.56 Å². The number of hydrogen-bond acceptors (Lipinski definition) is 2. The summed E-state index contributed by atoms with van der Waals surface area (Å²) >= 11 is 2.22. The van der Waals surface area contributed by atoms with Gasteiger partial charge in [-0.25, -0.2) is 4.98 Å². The van der Waals surface area contributed by atoms with E-state index in [2.05, 4.69) is 53.8 Å². The van der Waals surface area contributed by atoms with Gasteiger partial charge in [-0.05, 0) is 77.9 Å². The Kier molecular flexibility index (Phi) is 5.13. The Labute approximate surface area is 177 Å². The molecule has 3 aromatic carbocycles. The lowest BCUT2D eigenvalue weighted by Gasteiger charge is -2.13. The first-order chi connectivity index (χ1) is 13.5. The van der Waals surface area contributed by atoms with Crippen LogP contribution in [0.1, 0.15) is 22.5 Å². The number of hydrogen-bond donors (Lipinski definition) is 0. The smallest absolute Gasteiger partial charge is 0.266 e. The molecule has 0 fully saturated rings. The minimum Gasteiger partial charge on any atom is -0.268 e. The third-order valence-corrected chi connectivity index (χ3v) is 5.39. The van der Waals surface area contributed by atoms with Gasteiger partial charge >= 0.3 is 0 Å². The molecule has 0 unspecified atom stereocenters. The van der Waals surface area contributed by atoms with Crippen LogP contribution < -0.4 is 5.56 Å². The molecule has 0 bridgehead atoms. The fraction of sp³-hybridized carbons (Fsp3) is 0.0833. The van der Waals surface area contributed by atoms with Crippen molar-refractivity contribution in [2.24, 2.45) is 0 Å². The van der Waals surface area contributed by atoms with E-state index in [0.717, 1.165) is 20.4 Å². The van der Waals surface area contributed by atoms with Gasteiger partial charge < -0.3 is 0 Å². The molecule has 4 rings (SSSR count). The third-order valence-electron chi connectivity index (χ3n) is 4.71. The number of halogens is 1. The Morgan fingerprint density at radius 2 is 1.68 bits per heavy atom. The van der Waals surface area contributed by atoms with Gasteiger partial charge in [-0.2, -0.15) is 0 Å². The number of aromatic nitrogens is 2. The molecular weight excluding hydrogens is 459 g/mol. The van der Waals surface area contributed by atoms with E-state index < -0.39 is 0 Å². The van der Waals surface area contributed by atoms with Crippen molar-refractivity contribution in [1.82, 2.24) is 9.55 Å². The molecule has 3 nitrogen and oxygen atoms in total. The van der Waals surface area contributed by atoms with E-state index in [1.54, 1.807) is 4.57 Å². The average Bonchev–Trinajstić information content (AvgIpc) is 2.69. The summed E-state index contributed by atoms with van der Waals surface area (Å²) in [5.41, 5.74) is 4.82. The molecule has 0 saturated heterocycles. The molecule has 138 valence electrons. The Balaban J connectivity index is 1.97. The lowest BCUT2D eigenvalue weighted by Crippen LogP contribution is -2.23. The quantitative estimate of drug-likeness (QED) is 0.350. The molecule has 0 aliphatic heterocycles. The lowest BCUT2D eigenvalue weighted by molar-refractivity contribution is 0.934. The minimum atomic E-state index is -0.0543. The van der Waals surface area contributed by atoms with Crippen LogP contribution in [0.15, 0.2) is 71.5 Å². The number of rotatable bonds is 3. The number of nitrogens with zero attached hydrogens (tertiary/aromatic N) is 2. The molecule has 0 saturated carbocycles. The average molecular weight is 478 g/mol. The molecule has 1 aromatic heterocycles. The van der Waals surface area contributed by atoms with Crippen molar-refractivity contribution in [3.63, 3.8) is 0 Å². The van der Waals surface area contributed by atoms with Crippen LogP contribution in [0.4, 0.5) is 0 Å². The van der Waals surface area contributed by atoms with Gasteiger partial charge in [0.25, 0.3) is 5.56 Å². The second kappa shape index (κ2) is 7.72. The maximum atomic E-state index is 13.4. The van der Waals surface area contributed by atoms with Crippen LogP contribution in [-0.2, 0) is 0 Å². The van der Waals surface area contributed by atoms with E-state index >= 15 is 0 Å². The fourth-order valence-corrected chi connectivity index (χ4v) is 3.67. The van der Waals surface area contributed by atoms with E-state index in [1.807, 2.05) is 61.5 Å². The summed E-state index contributed by atoms with van der Waals surface area (Å²) in [4.78, 5) is 18.2. The zero-order chi connectivity index (χ0) is 19.7. The predicted molar refractivity (Wildman–Crippen MR) is 125 cm³/mol. The Bertz CT molecular complexity index is 1250. The zero-order valence-electron chi connectivity index (χ0n) is 15.7. The maximum Gasteiger partial charge on any atom is 0.266 e. The maximum absolute atomic E-state index is 13.4. The summed E-state index contributed by atoms with van der Waals surface area (Å²) in [5, 5.41) is 0.627. The lowest BCUT2D eigenvalue weighted by atomic mass is 10.1. The van der Waals surface area contributed by atoms with Gasteiger partial charge in [0, 0.05) is 3.57 Å². The second-order valence-corrected chi connectivity index (χ2v) is 8.05. The Morgan fingerprint density at radius 1 is 0.929 bits per heavy atom. The zero-order valence-corrected chi connectivity index (χ0v) is 17.8. The number of para-hydroxylation sites is 1. The van der Waals surface area contributed by atoms with Gasteiger partial charge in [0.1, 0.15) is 5.82 Å². The van der Waals surface area contributed by atoms with Gasteiger partial charge in [-0.1, -0.05) is 54.1 Å². The summed E-state index contributed by atoms with van der Waals surface area (Å²) in [6, 6.07) is 21.9. The Morgan fingerprint density at radius 3 is 2.43 bits per heavy atom. The molecule has 0 amide bonds. The topological polar surface area (TPSA) is 34.9 Å². The molecule has 4 aromatic rings. The van der Waals surface area contributed by atoms with Crippen LogP contribution in [0.5, 0.6) is 0 Å². The monoisotopic (exact) mass is 478 g/mol. The van der Waals surface area contributed by atoms with Crippen LogP contribution in [-0.4, -0.2) is 9.55 Å². The van der Waals surface area contributed by atoms with Gasteiger partial charge in [-0.3, -0.25) is 9.36 Å². The minimum absolute atomic E-state index is 0.0543. The summed E-state index contributed by atoms with van der Waals surface area (Å²) in [6.07, 6.45) is 3.91. The number of fused-ring (bicyclic) bond motifs is 1. The molecule has 0 atom stereocenters. The highest BCUT2D eigenvalue weighted by Gasteiger charge is 2.13. The molecule has 4 heteroatoms. The first kappa shape index (κ1) is 18.6. The van der Waals surface area contributed by atoms with Crippen molar-refractivity contribution in [2.75, 3.05) is 0 Å². The molecule has 0 radical (unpaired) electrons. The van der Waals surface area contributed by atoms with E-state index in [1.165, 1.54) is 5.56 Å². The first-order valence-corrected chi connectivity index (χ1v) is 10.1. The van der Waals surface area contributed by atoms with Gasteiger partial charge in [-0.15, -0.1) is 0 Å². The second-order valence-electron chi connectivity index (χ2n) is 6.80. The van der Waals surface area contributed by atoms with Crippen molar-refractivity contribution < 1.29 is 0 Å². The number of benzene rings is 3. The normalized spacial score (nSPS) is 11.4. The molecule has 1 heterocycles. The van der Waals surface area contributed by atoms with Crippen molar-refractivity contribution in [3.05, 3.63) is 103 Å². The van der Waals surface area contributed by atoms with Gasteiger partial charge in [0.2, 0.25) is 0 Å². The molecular formula is C24H19IN2O. The SMILES string of the molecule is Cc1ccc(C=Cc2nc3ccc(I)cc3c(=O)n2-c2ccccc2C)cc1. The fourth-order valence-electron chi connectivity index (χ4n) is 3.18. The highest BCUT2D eigenvalue weighted by atomic mass is 127. The van der Waals surface area contributed by atoms with Crippen LogP contribution in [0, 0.1) is 17.4 Å². The third kappa shape index (κ3) is 3.64. The molecule has 0 N–H and O–H groups in total. The van der Waals surface area contributed by atoms with Crippen LogP contribution in [0.3, 0.4) is 0 Å². The van der Waals surface area contributed by atoms with Crippen LogP contribution in [0.25, 0.3) is 28.7 Å². The molecule has 0 spiro atoms. The highest BCUT2D eigenvalue weighted by Crippen LogP contribution is 2.19.